The van der Waals surface area contributed by atoms with Crippen LogP contribution in [-0.4, -0.2) is 5.91 Å². The molecule has 2 aromatic rings. The lowest BCUT2D eigenvalue weighted by atomic mass is 10.1. The quantitative estimate of drug-likeness (QED) is 0.836. The summed E-state index contributed by atoms with van der Waals surface area (Å²) in [7, 11) is 0. The van der Waals surface area contributed by atoms with E-state index in [-0.39, 0.29) is 5.91 Å². The van der Waals surface area contributed by atoms with Crippen molar-refractivity contribution in [2.24, 2.45) is 0 Å². The number of nitrogens with one attached hydrogen (secondary N) is 1. The highest BCUT2D eigenvalue weighted by Crippen LogP contribution is 2.05. The van der Waals surface area contributed by atoms with E-state index in [1.165, 1.54) is 11.6 Å². The van der Waals surface area contributed by atoms with Crippen LogP contribution < -0.4 is 5.32 Å². The van der Waals surface area contributed by atoms with Gasteiger partial charge >= 0.3 is 0 Å². The lowest BCUT2D eigenvalue weighted by molar-refractivity contribution is -0.116. The van der Waals surface area contributed by atoms with Crippen molar-refractivity contribution in [3.63, 3.8) is 0 Å². The van der Waals surface area contributed by atoms with Gasteiger partial charge in [-0.1, -0.05) is 29.8 Å². The molecule has 0 aliphatic heterocycles. The van der Waals surface area contributed by atoms with E-state index >= 15 is 0 Å². The summed E-state index contributed by atoms with van der Waals surface area (Å²) < 4.78 is 5.12. The second-order valence-electron chi connectivity index (χ2n) is 4.04. The summed E-state index contributed by atoms with van der Waals surface area (Å²) in [6.07, 6.45) is 4.90. The van der Waals surface area contributed by atoms with Crippen molar-refractivity contribution in [3.05, 3.63) is 65.6 Å². The van der Waals surface area contributed by atoms with E-state index in [0.29, 0.717) is 6.54 Å². The fraction of sp³-hybridized carbons (Fsp3) is 0.133. The zero-order valence-electron chi connectivity index (χ0n) is 10.2. The number of benzene rings is 1. The zero-order chi connectivity index (χ0) is 12.8. The van der Waals surface area contributed by atoms with Gasteiger partial charge in [0.2, 0.25) is 5.91 Å². The van der Waals surface area contributed by atoms with E-state index in [1.807, 2.05) is 37.3 Å². The van der Waals surface area contributed by atoms with Crippen molar-refractivity contribution in [1.29, 1.82) is 0 Å². The Labute approximate surface area is 106 Å². The Morgan fingerprint density at radius 1 is 1.28 bits per heavy atom. The van der Waals surface area contributed by atoms with Crippen LogP contribution in [-0.2, 0) is 11.3 Å². The number of amides is 1. The van der Waals surface area contributed by atoms with Crippen LogP contribution in [0.3, 0.4) is 0 Å². The van der Waals surface area contributed by atoms with Crippen LogP contribution in [0.2, 0.25) is 0 Å². The molecule has 3 nitrogen and oxygen atoms in total. The maximum Gasteiger partial charge on any atom is 0.244 e. The molecule has 1 aromatic carbocycles. The minimum atomic E-state index is -0.132. The van der Waals surface area contributed by atoms with Crippen molar-refractivity contribution < 1.29 is 9.21 Å². The highest BCUT2D eigenvalue weighted by Gasteiger charge is 1.98. The van der Waals surface area contributed by atoms with Crippen molar-refractivity contribution in [1.82, 2.24) is 5.32 Å². The Balaban J connectivity index is 1.85. The first-order valence-corrected chi connectivity index (χ1v) is 5.79. The molecule has 2 rings (SSSR count). The predicted molar refractivity (Wildman–Crippen MR) is 70.8 cm³/mol. The standard InChI is InChI=1S/C15H15NO2/c1-12-4-6-13(7-5-12)8-9-15(17)16-11-14-3-2-10-18-14/h2-10H,11H2,1H3,(H,16,17). The summed E-state index contributed by atoms with van der Waals surface area (Å²) in [5.41, 5.74) is 2.21. The van der Waals surface area contributed by atoms with Gasteiger partial charge in [0.25, 0.3) is 0 Å². The van der Waals surface area contributed by atoms with Gasteiger partial charge in [-0.05, 0) is 30.7 Å². The molecule has 0 unspecified atom stereocenters. The van der Waals surface area contributed by atoms with Crippen LogP contribution in [0.25, 0.3) is 6.08 Å². The van der Waals surface area contributed by atoms with Crippen LogP contribution in [0, 0.1) is 6.92 Å². The fourth-order valence-corrected chi connectivity index (χ4v) is 1.50. The highest BCUT2D eigenvalue weighted by atomic mass is 16.3. The number of rotatable bonds is 4. The van der Waals surface area contributed by atoms with Crippen LogP contribution in [0.1, 0.15) is 16.9 Å². The molecule has 1 N–H and O–H groups in total. The summed E-state index contributed by atoms with van der Waals surface area (Å²) in [5.74, 6) is 0.610. The lowest BCUT2D eigenvalue weighted by Crippen LogP contribution is -2.19. The summed E-state index contributed by atoms with van der Waals surface area (Å²) in [4.78, 5) is 11.5. The van der Waals surface area contributed by atoms with E-state index in [1.54, 1.807) is 18.4 Å². The summed E-state index contributed by atoms with van der Waals surface area (Å²) in [6.45, 7) is 2.44. The second kappa shape index (κ2) is 5.87. The largest absolute Gasteiger partial charge is 0.467 e. The predicted octanol–water partition coefficient (Wildman–Crippen LogP) is 2.92. The number of furan rings is 1. The molecule has 0 fully saturated rings. The van der Waals surface area contributed by atoms with Gasteiger partial charge in [0.15, 0.2) is 0 Å². The molecule has 1 heterocycles. The van der Waals surface area contributed by atoms with Crippen LogP contribution in [0.5, 0.6) is 0 Å². The van der Waals surface area contributed by atoms with Gasteiger partial charge in [0, 0.05) is 6.08 Å². The molecule has 0 saturated carbocycles. The number of carbonyl (C=O) groups excluding carboxylic acids is 1. The van der Waals surface area contributed by atoms with Gasteiger partial charge in [-0.15, -0.1) is 0 Å². The van der Waals surface area contributed by atoms with Gasteiger partial charge in [0.1, 0.15) is 5.76 Å². The Bertz CT molecular complexity index is 524. The van der Waals surface area contributed by atoms with E-state index < -0.39 is 0 Å². The Morgan fingerprint density at radius 3 is 2.72 bits per heavy atom. The van der Waals surface area contributed by atoms with Gasteiger partial charge in [-0.25, -0.2) is 0 Å². The first kappa shape index (κ1) is 12.2. The van der Waals surface area contributed by atoms with E-state index in [2.05, 4.69) is 5.32 Å². The molecule has 0 aliphatic carbocycles. The third kappa shape index (κ3) is 3.63. The molecule has 0 atom stereocenters. The molecular weight excluding hydrogens is 226 g/mol. The van der Waals surface area contributed by atoms with Crippen molar-refractivity contribution >= 4 is 12.0 Å². The molecule has 1 amide bonds. The van der Waals surface area contributed by atoms with Gasteiger partial charge < -0.3 is 9.73 Å². The molecular formula is C15H15NO2. The molecule has 0 bridgehead atoms. The normalized spacial score (nSPS) is 10.7. The maximum atomic E-state index is 11.5. The Morgan fingerprint density at radius 2 is 2.06 bits per heavy atom. The van der Waals surface area contributed by atoms with Gasteiger partial charge in [-0.2, -0.15) is 0 Å². The third-order valence-corrected chi connectivity index (χ3v) is 2.52. The maximum absolute atomic E-state index is 11.5. The highest BCUT2D eigenvalue weighted by molar-refractivity contribution is 5.91. The van der Waals surface area contributed by atoms with E-state index in [4.69, 9.17) is 4.42 Å². The summed E-state index contributed by atoms with van der Waals surface area (Å²) in [6, 6.07) is 11.6. The van der Waals surface area contributed by atoms with Crippen LogP contribution >= 0.6 is 0 Å². The monoisotopic (exact) mass is 241 g/mol. The summed E-state index contributed by atoms with van der Waals surface area (Å²) in [5, 5.41) is 2.75. The minimum Gasteiger partial charge on any atom is -0.467 e. The lowest BCUT2D eigenvalue weighted by Gasteiger charge is -1.98. The average Bonchev–Trinajstić information content (AvgIpc) is 2.89. The molecule has 18 heavy (non-hydrogen) atoms. The molecule has 92 valence electrons. The van der Waals surface area contributed by atoms with Crippen LogP contribution in [0.4, 0.5) is 0 Å². The first-order chi connectivity index (χ1) is 8.74. The van der Waals surface area contributed by atoms with Crippen molar-refractivity contribution in [3.8, 4) is 0 Å². The summed E-state index contributed by atoms with van der Waals surface area (Å²) >= 11 is 0. The topological polar surface area (TPSA) is 42.2 Å². The molecule has 0 radical (unpaired) electrons. The van der Waals surface area contributed by atoms with Crippen LogP contribution in [0.15, 0.2) is 53.2 Å². The fourth-order valence-electron chi connectivity index (χ4n) is 1.50. The van der Waals surface area contributed by atoms with Crippen molar-refractivity contribution in [2.75, 3.05) is 0 Å². The molecule has 0 saturated heterocycles. The average molecular weight is 241 g/mol. The minimum absolute atomic E-state index is 0.132. The number of carbonyl (C=O) groups is 1. The van der Waals surface area contributed by atoms with E-state index in [9.17, 15) is 4.79 Å². The van der Waals surface area contributed by atoms with Gasteiger partial charge in [0.05, 0.1) is 12.8 Å². The second-order valence-corrected chi connectivity index (χ2v) is 4.04. The SMILES string of the molecule is Cc1ccc(C=CC(=O)NCc2ccco2)cc1. The smallest absolute Gasteiger partial charge is 0.244 e. The molecule has 0 spiro atoms. The van der Waals surface area contributed by atoms with Gasteiger partial charge in [-0.3, -0.25) is 4.79 Å². The number of hydrogen-bond acceptors (Lipinski definition) is 2. The Kier molecular flexibility index (Phi) is 3.97. The Hall–Kier alpha value is -2.29. The molecule has 0 aliphatic rings. The molecule has 3 heteroatoms. The third-order valence-electron chi connectivity index (χ3n) is 2.52. The number of aryl methyl sites for hydroxylation is 1. The van der Waals surface area contributed by atoms with E-state index in [0.717, 1.165) is 11.3 Å². The zero-order valence-corrected chi connectivity index (χ0v) is 10.2. The number of hydrogen-bond donors (Lipinski definition) is 1. The first-order valence-electron chi connectivity index (χ1n) is 5.79. The van der Waals surface area contributed by atoms with Crippen molar-refractivity contribution in [2.45, 2.75) is 13.5 Å². The molecule has 1 aromatic heterocycles.